The van der Waals surface area contributed by atoms with Gasteiger partial charge in [0.05, 0.1) is 6.10 Å². The quantitative estimate of drug-likeness (QED) is 0.778. The molecule has 3 heteroatoms. The standard InChI is InChI=1S/C16H28FNO/c1-15(2,3)16-8-7-13(14(19-4)11-5-6-11)18(16)10-12(17)9-16/h11-14H,5-10H2,1-4H3. The van der Waals surface area contributed by atoms with E-state index in [0.29, 0.717) is 25.1 Å². The summed E-state index contributed by atoms with van der Waals surface area (Å²) in [7, 11) is 1.84. The van der Waals surface area contributed by atoms with E-state index in [0.717, 1.165) is 12.3 Å². The summed E-state index contributed by atoms with van der Waals surface area (Å²) >= 11 is 0. The molecule has 0 N–H and O–H groups in total. The van der Waals surface area contributed by atoms with Gasteiger partial charge in [-0.3, -0.25) is 4.90 Å². The molecule has 0 aromatic heterocycles. The number of rotatable bonds is 3. The summed E-state index contributed by atoms with van der Waals surface area (Å²) in [5, 5.41) is 0. The van der Waals surface area contributed by atoms with Crippen molar-refractivity contribution in [3.8, 4) is 0 Å². The summed E-state index contributed by atoms with van der Waals surface area (Å²) < 4.78 is 19.9. The van der Waals surface area contributed by atoms with Gasteiger partial charge in [-0.15, -0.1) is 0 Å². The third kappa shape index (κ3) is 2.04. The summed E-state index contributed by atoms with van der Waals surface area (Å²) in [6.45, 7) is 7.45. The van der Waals surface area contributed by atoms with Crippen LogP contribution in [0.1, 0.15) is 52.9 Å². The van der Waals surface area contributed by atoms with Crippen molar-refractivity contribution in [2.75, 3.05) is 13.7 Å². The highest BCUT2D eigenvalue weighted by atomic mass is 19.1. The van der Waals surface area contributed by atoms with E-state index in [1.54, 1.807) is 0 Å². The minimum absolute atomic E-state index is 0.0583. The van der Waals surface area contributed by atoms with Crippen LogP contribution in [-0.2, 0) is 4.74 Å². The Morgan fingerprint density at radius 3 is 2.47 bits per heavy atom. The topological polar surface area (TPSA) is 12.5 Å². The Morgan fingerprint density at radius 1 is 1.26 bits per heavy atom. The molecule has 0 radical (unpaired) electrons. The fourth-order valence-corrected chi connectivity index (χ4v) is 4.72. The Hall–Kier alpha value is -0.150. The first-order chi connectivity index (χ1) is 8.89. The van der Waals surface area contributed by atoms with E-state index in [1.165, 1.54) is 19.3 Å². The smallest absolute Gasteiger partial charge is 0.115 e. The number of fused-ring (bicyclic) bond motifs is 1. The molecule has 1 aliphatic carbocycles. The number of methoxy groups -OCH3 is 1. The molecule has 2 nitrogen and oxygen atoms in total. The van der Waals surface area contributed by atoms with Crippen molar-refractivity contribution in [2.24, 2.45) is 11.3 Å². The van der Waals surface area contributed by atoms with Crippen molar-refractivity contribution in [3.63, 3.8) is 0 Å². The lowest BCUT2D eigenvalue weighted by molar-refractivity contribution is -0.0262. The lowest BCUT2D eigenvalue weighted by Crippen LogP contribution is -2.54. The van der Waals surface area contributed by atoms with Gasteiger partial charge in [-0.05, 0) is 43.4 Å². The van der Waals surface area contributed by atoms with Gasteiger partial charge in [0, 0.05) is 25.2 Å². The van der Waals surface area contributed by atoms with Crippen LogP contribution in [0.3, 0.4) is 0 Å². The van der Waals surface area contributed by atoms with Gasteiger partial charge < -0.3 is 4.74 Å². The molecular formula is C16H28FNO. The van der Waals surface area contributed by atoms with Crippen LogP contribution in [0.15, 0.2) is 0 Å². The van der Waals surface area contributed by atoms with Gasteiger partial charge in [0.1, 0.15) is 6.17 Å². The van der Waals surface area contributed by atoms with Gasteiger partial charge >= 0.3 is 0 Å². The van der Waals surface area contributed by atoms with Crippen LogP contribution >= 0.6 is 0 Å². The Balaban J connectivity index is 1.87. The van der Waals surface area contributed by atoms with Crippen molar-refractivity contribution in [1.29, 1.82) is 0 Å². The first-order valence-corrected chi connectivity index (χ1v) is 7.83. The number of halogens is 1. The van der Waals surface area contributed by atoms with E-state index >= 15 is 0 Å². The van der Waals surface area contributed by atoms with Crippen molar-refractivity contribution >= 4 is 0 Å². The van der Waals surface area contributed by atoms with E-state index in [4.69, 9.17) is 4.74 Å². The average molecular weight is 269 g/mol. The van der Waals surface area contributed by atoms with E-state index < -0.39 is 6.17 Å². The molecule has 2 saturated heterocycles. The van der Waals surface area contributed by atoms with E-state index in [2.05, 4.69) is 25.7 Å². The summed E-state index contributed by atoms with van der Waals surface area (Å²) in [5.74, 6) is 0.726. The third-order valence-electron chi connectivity index (χ3n) is 5.89. The van der Waals surface area contributed by atoms with Crippen LogP contribution in [0, 0.1) is 11.3 Å². The van der Waals surface area contributed by atoms with E-state index in [-0.39, 0.29) is 11.0 Å². The van der Waals surface area contributed by atoms with Crippen LogP contribution in [-0.4, -0.2) is 42.4 Å². The van der Waals surface area contributed by atoms with Crippen molar-refractivity contribution in [2.45, 2.75) is 76.7 Å². The number of ether oxygens (including phenoxy) is 1. The monoisotopic (exact) mass is 269 g/mol. The zero-order valence-corrected chi connectivity index (χ0v) is 12.8. The van der Waals surface area contributed by atoms with Gasteiger partial charge in [0.25, 0.3) is 0 Å². The molecule has 1 saturated carbocycles. The Labute approximate surface area is 116 Å². The first-order valence-electron chi connectivity index (χ1n) is 7.83. The molecule has 4 unspecified atom stereocenters. The highest BCUT2D eigenvalue weighted by molar-refractivity contribution is 5.14. The number of hydrogen-bond acceptors (Lipinski definition) is 2. The molecule has 3 aliphatic rings. The number of nitrogens with zero attached hydrogens (tertiary/aromatic N) is 1. The molecule has 2 heterocycles. The van der Waals surface area contributed by atoms with E-state index in [9.17, 15) is 4.39 Å². The maximum absolute atomic E-state index is 14.1. The van der Waals surface area contributed by atoms with Crippen molar-refractivity contribution in [1.82, 2.24) is 4.90 Å². The normalized spacial score (nSPS) is 41.5. The van der Waals surface area contributed by atoms with Crippen molar-refractivity contribution < 1.29 is 9.13 Å². The van der Waals surface area contributed by atoms with Crippen LogP contribution < -0.4 is 0 Å². The fraction of sp³-hybridized carbons (Fsp3) is 1.00. The molecule has 0 amide bonds. The minimum Gasteiger partial charge on any atom is -0.380 e. The van der Waals surface area contributed by atoms with Gasteiger partial charge in [-0.2, -0.15) is 0 Å². The Morgan fingerprint density at radius 2 is 1.95 bits per heavy atom. The average Bonchev–Trinajstić information content (AvgIpc) is 2.98. The molecule has 3 fully saturated rings. The van der Waals surface area contributed by atoms with Gasteiger partial charge in [0.15, 0.2) is 0 Å². The lowest BCUT2D eigenvalue weighted by atomic mass is 9.71. The largest absolute Gasteiger partial charge is 0.380 e. The second kappa shape index (κ2) is 4.42. The summed E-state index contributed by atoms with van der Waals surface area (Å²) in [6.07, 6.45) is 5.30. The SMILES string of the molecule is COC(C1CC1)C1CCC2(C(C)(C)C)CC(F)CN12. The molecule has 0 aromatic carbocycles. The van der Waals surface area contributed by atoms with Crippen LogP contribution in [0.4, 0.5) is 4.39 Å². The molecule has 0 bridgehead atoms. The predicted molar refractivity (Wildman–Crippen MR) is 74.9 cm³/mol. The number of alkyl halides is 1. The minimum atomic E-state index is -0.654. The maximum atomic E-state index is 14.1. The molecule has 19 heavy (non-hydrogen) atoms. The molecule has 3 rings (SSSR count). The maximum Gasteiger partial charge on any atom is 0.115 e. The Kier molecular flexibility index (Phi) is 3.22. The second-order valence-electron chi connectivity index (χ2n) is 7.88. The lowest BCUT2D eigenvalue weighted by Gasteiger charge is -2.46. The molecule has 0 aromatic rings. The summed E-state index contributed by atoms with van der Waals surface area (Å²) in [4.78, 5) is 2.49. The highest BCUT2D eigenvalue weighted by Crippen LogP contribution is 2.55. The summed E-state index contributed by atoms with van der Waals surface area (Å²) in [6, 6.07) is 0.442. The Bertz CT molecular complexity index is 349. The predicted octanol–water partition coefficient (Wildman–Crippen LogP) is 3.40. The zero-order valence-electron chi connectivity index (χ0n) is 12.8. The van der Waals surface area contributed by atoms with Crippen molar-refractivity contribution in [3.05, 3.63) is 0 Å². The molecule has 2 aliphatic heterocycles. The second-order valence-corrected chi connectivity index (χ2v) is 7.88. The van der Waals surface area contributed by atoms with Gasteiger partial charge in [-0.1, -0.05) is 20.8 Å². The number of hydrogen-bond donors (Lipinski definition) is 0. The van der Waals surface area contributed by atoms with E-state index in [1.807, 2.05) is 7.11 Å². The van der Waals surface area contributed by atoms with Gasteiger partial charge in [0.2, 0.25) is 0 Å². The third-order valence-corrected chi connectivity index (χ3v) is 5.89. The van der Waals surface area contributed by atoms with Crippen LogP contribution in [0.25, 0.3) is 0 Å². The first kappa shape index (κ1) is 13.8. The molecule has 110 valence electrons. The fourth-order valence-electron chi connectivity index (χ4n) is 4.72. The van der Waals surface area contributed by atoms with Gasteiger partial charge in [-0.25, -0.2) is 4.39 Å². The van der Waals surface area contributed by atoms with Crippen LogP contribution in [0.5, 0.6) is 0 Å². The molecule has 4 atom stereocenters. The van der Waals surface area contributed by atoms with Crippen LogP contribution in [0.2, 0.25) is 0 Å². The molecular weight excluding hydrogens is 241 g/mol. The zero-order chi connectivity index (χ0) is 13.8. The highest BCUT2D eigenvalue weighted by Gasteiger charge is 2.60. The molecule has 0 spiro atoms. The summed E-state index contributed by atoms with van der Waals surface area (Å²) in [5.41, 5.74) is 0.202.